The Labute approximate surface area is 74.6 Å². The largest absolute Gasteiger partial charge is 0.464 e. The molecule has 0 bridgehead atoms. The minimum absolute atomic E-state index is 0.164. The van der Waals surface area contributed by atoms with Crippen molar-refractivity contribution in [3.63, 3.8) is 0 Å². The fourth-order valence-corrected chi connectivity index (χ4v) is 0.962. The molecule has 1 heterocycles. The number of urea groups is 1. The van der Waals surface area contributed by atoms with Crippen LogP contribution in [0.25, 0.3) is 0 Å². The van der Waals surface area contributed by atoms with Gasteiger partial charge in [0.2, 0.25) is 5.54 Å². The second kappa shape index (κ2) is 3.04. The summed E-state index contributed by atoms with van der Waals surface area (Å²) < 4.78 is 4.63. The summed E-state index contributed by atoms with van der Waals surface area (Å²) in [6.07, 6.45) is 0. The third kappa shape index (κ3) is 1.47. The molecule has 2 N–H and O–H groups in total. The van der Waals surface area contributed by atoms with Crippen LogP contribution < -0.4 is 10.6 Å². The van der Waals surface area contributed by atoms with Crippen molar-refractivity contribution in [2.24, 2.45) is 0 Å². The Morgan fingerprint density at radius 2 is 2.15 bits per heavy atom. The molecule has 0 aromatic rings. The number of carbonyl (C=O) groups is 3. The highest BCUT2D eigenvalue weighted by Gasteiger charge is 2.49. The van der Waals surface area contributed by atoms with Crippen LogP contribution in [0.4, 0.5) is 4.79 Å². The van der Waals surface area contributed by atoms with E-state index >= 15 is 0 Å². The molecule has 1 aliphatic heterocycles. The molecule has 1 fully saturated rings. The lowest BCUT2D eigenvalue weighted by atomic mass is 10.0. The smallest absolute Gasteiger partial charge is 0.341 e. The quantitative estimate of drug-likeness (QED) is 0.334. The van der Waals surface area contributed by atoms with Gasteiger partial charge in [-0.15, -0.1) is 0 Å². The van der Waals surface area contributed by atoms with Gasteiger partial charge in [0, 0.05) is 0 Å². The molecule has 1 atom stereocenters. The van der Waals surface area contributed by atoms with E-state index in [1.165, 1.54) is 6.92 Å². The lowest BCUT2D eigenvalue weighted by Gasteiger charge is -2.17. The van der Waals surface area contributed by atoms with Crippen LogP contribution in [-0.4, -0.2) is 30.1 Å². The topological polar surface area (TPSA) is 84.5 Å². The van der Waals surface area contributed by atoms with E-state index in [0.29, 0.717) is 0 Å². The van der Waals surface area contributed by atoms with Crippen LogP contribution in [0.15, 0.2) is 0 Å². The normalized spacial score (nSPS) is 26.6. The summed E-state index contributed by atoms with van der Waals surface area (Å²) in [6.45, 7) is 3.08. The molecular formula is C7H10N2O4. The summed E-state index contributed by atoms with van der Waals surface area (Å²) in [5.74, 6) is -1.44. The van der Waals surface area contributed by atoms with Gasteiger partial charge in [-0.25, -0.2) is 9.59 Å². The van der Waals surface area contributed by atoms with Gasteiger partial charge in [-0.1, -0.05) is 0 Å². The van der Waals surface area contributed by atoms with Crippen molar-refractivity contribution in [3.8, 4) is 0 Å². The SMILES string of the molecule is CCOC(=O)[C@]1(C)NC(=O)NC1=O. The predicted molar refractivity (Wildman–Crippen MR) is 41.7 cm³/mol. The maximum absolute atomic E-state index is 11.2. The van der Waals surface area contributed by atoms with Crippen molar-refractivity contribution in [3.05, 3.63) is 0 Å². The summed E-state index contributed by atoms with van der Waals surface area (Å²) in [6, 6.07) is -0.680. The third-order valence-electron chi connectivity index (χ3n) is 1.73. The van der Waals surface area contributed by atoms with E-state index in [9.17, 15) is 14.4 Å². The van der Waals surface area contributed by atoms with Crippen LogP contribution in [0.5, 0.6) is 0 Å². The maximum Gasteiger partial charge on any atom is 0.341 e. The molecule has 0 aliphatic carbocycles. The summed E-state index contributed by atoms with van der Waals surface area (Å²) in [4.78, 5) is 33.1. The minimum Gasteiger partial charge on any atom is -0.464 e. The number of esters is 1. The highest BCUT2D eigenvalue weighted by atomic mass is 16.5. The Morgan fingerprint density at radius 1 is 1.54 bits per heavy atom. The summed E-state index contributed by atoms with van der Waals surface area (Å²) in [7, 11) is 0. The molecular weight excluding hydrogens is 176 g/mol. The van der Waals surface area contributed by atoms with Crippen LogP contribution in [0, 0.1) is 0 Å². The van der Waals surface area contributed by atoms with Gasteiger partial charge in [0.25, 0.3) is 5.91 Å². The van der Waals surface area contributed by atoms with Gasteiger partial charge in [-0.2, -0.15) is 0 Å². The molecule has 1 aliphatic rings. The molecule has 1 saturated heterocycles. The van der Waals surface area contributed by atoms with E-state index in [4.69, 9.17) is 0 Å². The Bertz CT molecular complexity index is 276. The molecule has 6 heteroatoms. The number of hydrogen-bond donors (Lipinski definition) is 2. The summed E-state index contributed by atoms with van der Waals surface area (Å²) >= 11 is 0. The Hall–Kier alpha value is -1.59. The van der Waals surface area contributed by atoms with Gasteiger partial charge in [0.15, 0.2) is 0 Å². The average Bonchev–Trinajstić information content (AvgIpc) is 2.28. The molecule has 0 radical (unpaired) electrons. The third-order valence-corrected chi connectivity index (χ3v) is 1.73. The molecule has 1 rings (SSSR count). The zero-order valence-electron chi connectivity index (χ0n) is 7.34. The standard InChI is InChI=1S/C7H10N2O4/c1-3-13-5(11)7(2)4(10)8-6(12)9-7/h3H2,1-2H3,(H2,8,9,10,12)/t7-/m1/s1. The molecule has 6 nitrogen and oxygen atoms in total. The van der Waals surface area contributed by atoms with Crippen LogP contribution in [0.2, 0.25) is 0 Å². The van der Waals surface area contributed by atoms with Gasteiger partial charge < -0.3 is 10.1 Å². The minimum atomic E-state index is -1.58. The van der Waals surface area contributed by atoms with E-state index in [1.54, 1.807) is 6.92 Å². The number of amides is 3. The van der Waals surface area contributed by atoms with Crippen molar-refractivity contribution in [2.45, 2.75) is 19.4 Å². The van der Waals surface area contributed by atoms with Crippen LogP contribution in [0.1, 0.15) is 13.8 Å². The number of nitrogens with one attached hydrogen (secondary N) is 2. The molecule has 0 unspecified atom stereocenters. The fourth-order valence-electron chi connectivity index (χ4n) is 0.962. The van der Waals surface area contributed by atoms with E-state index in [2.05, 4.69) is 10.1 Å². The zero-order valence-corrected chi connectivity index (χ0v) is 7.34. The lowest BCUT2D eigenvalue weighted by molar-refractivity contribution is -0.152. The van der Waals surface area contributed by atoms with Crippen LogP contribution in [0.3, 0.4) is 0 Å². The van der Waals surface area contributed by atoms with Gasteiger partial charge >= 0.3 is 12.0 Å². The maximum atomic E-state index is 11.2. The van der Waals surface area contributed by atoms with Crippen molar-refractivity contribution in [1.29, 1.82) is 0 Å². The van der Waals surface area contributed by atoms with E-state index in [-0.39, 0.29) is 6.61 Å². The van der Waals surface area contributed by atoms with Crippen molar-refractivity contribution in [1.82, 2.24) is 10.6 Å². The average molecular weight is 186 g/mol. The first kappa shape index (κ1) is 9.50. The zero-order chi connectivity index (χ0) is 10.1. The van der Waals surface area contributed by atoms with Gasteiger partial charge in [-0.05, 0) is 13.8 Å². The second-order valence-electron chi connectivity index (χ2n) is 2.75. The number of hydrogen-bond acceptors (Lipinski definition) is 4. The summed E-state index contributed by atoms with van der Waals surface area (Å²) in [5, 5.41) is 4.15. The molecule has 0 aromatic heterocycles. The Morgan fingerprint density at radius 3 is 2.54 bits per heavy atom. The van der Waals surface area contributed by atoms with Gasteiger partial charge in [-0.3, -0.25) is 10.1 Å². The highest BCUT2D eigenvalue weighted by molar-refractivity contribution is 6.18. The van der Waals surface area contributed by atoms with Crippen molar-refractivity contribution >= 4 is 17.9 Å². The molecule has 0 saturated carbocycles. The number of rotatable bonds is 2. The fraction of sp³-hybridized carbons (Fsp3) is 0.571. The monoisotopic (exact) mass is 186 g/mol. The van der Waals surface area contributed by atoms with Crippen molar-refractivity contribution in [2.75, 3.05) is 6.61 Å². The van der Waals surface area contributed by atoms with Crippen molar-refractivity contribution < 1.29 is 19.1 Å². The summed E-state index contributed by atoms with van der Waals surface area (Å²) in [5.41, 5.74) is -1.58. The van der Waals surface area contributed by atoms with Crippen LogP contribution >= 0.6 is 0 Å². The lowest BCUT2D eigenvalue weighted by Crippen LogP contribution is -2.52. The number of imide groups is 1. The number of carbonyl (C=O) groups excluding carboxylic acids is 3. The first-order valence-electron chi connectivity index (χ1n) is 3.81. The first-order valence-corrected chi connectivity index (χ1v) is 3.81. The molecule has 0 aromatic carbocycles. The van der Waals surface area contributed by atoms with Crippen LogP contribution in [-0.2, 0) is 14.3 Å². The predicted octanol–water partition coefficient (Wildman–Crippen LogP) is -0.852. The number of ether oxygens (including phenoxy) is 1. The van der Waals surface area contributed by atoms with Gasteiger partial charge in [0.1, 0.15) is 0 Å². The van der Waals surface area contributed by atoms with E-state index in [1.807, 2.05) is 5.32 Å². The van der Waals surface area contributed by atoms with E-state index < -0.39 is 23.4 Å². The molecule has 72 valence electrons. The van der Waals surface area contributed by atoms with Gasteiger partial charge in [0.05, 0.1) is 6.61 Å². The Balaban J connectivity index is 2.81. The highest BCUT2D eigenvalue weighted by Crippen LogP contribution is 2.11. The van der Waals surface area contributed by atoms with E-state index in [0.717, 1.165) is 0 Å². The Kier molecular flexibility index (Phi) is 2.22. The molecule has 0 spiro atoms. The first-order chi connectivity index (χ1) is 6.00. The second-order valence-corrected chi connectivity index (χ2v) is 2.75. The molecule has 13 heavy (non-hydrogen) atoms. The molecule has 3 amide bonds.